The molecule has 216 valence electrons. The second-order valence-corrected chi connectivity index (χ2v) is 14.1. The van der Waals surface area contributed by atoms with Gasteiger partial charge in [0.1, 0.15) is 6.10 Å². The third-order valence-corrected chi connectivity index (χ3v) is 10.2. The van der Waals surface area contributed by atoms with Gasteiger partial charge in [0.15, 0.2) is 6.10 Å². The minimum absolute atomic E-state index is 0.00895. The molecule has 3 bridgehead atoms. The van der Waals surface area contributed by atoms with Gasteiger partial charge in [0.05, 0.1) is 35.6 Å². The molecule has 3 aliphatic carbocycles. The van der Waals surface area contributed by atoms with E-state index in [2.05, 4.69) is 20.8 Å². The summed E-state index contributed by atoms with van der Waals surface area (Å²) in [4.78, 5) is 13.7. The summed E-state index contributed by atoms with van der Waals surface area (Å²) in [7, 11) is 0. The molecule has 0 aromatic rings. The van der Waals surface area contributed by atoms with E-state index in [4.69, 9.17) is 23.7 Å². The van der Waals surface area contributed by atoms with Gasteiger partial charge in [0, 0.05) is 42.0 Å². The number of ether oxygens (including phenoxy) is 5. The molecule has 8 nitrogen and oxygen atoms in total. The van der Waals surface area contributed by atoms with Crippen molar-refractivity contribution in [2.24, 2.45) is 34.5 Å². The van der Waals surface area contributed by atoms with Crippen LogP contribution in [0.4, 0.5) is 0 Å². The van der Waals surface area contributed by atoms with Crippen LogP contribution in [0.5, 0.6) is 0 Å². The molecule has 0 amide bonds. The summed E-state index contributed by atoms with van der Waals surface area (Å²) in [5.41, 5.74) is -1.71. The summed E-state index contributed by atoms with van der Waals surface area (Å²) in [6, 6.07) is 0. The fraction of sp³-hybridized carbons (Fsp3) is 0.900. The van der Waals surface area contributed by atoms with Gasteiger partial charge < -0.3 is 33.9 Å². The van der Waals surface area contributed by atoms with Gasteiger partial charge in [-0.2, -0.15) is 0 Å². The molecule has 1 saturated heterocycles. The van der Waals surface area contributed by atoms with Crippen LogP contribution in [0.15, 0.2) is 11.8 Å². The highest BCUT2D eigenvalue weighted by Gasteiger charge is 2.82. The minimum atomic E-state index is -0.831. The number of hydrogen-bond donors (Lipinski definition) is 2. The summed E-state index contributed by atoms with van der Waals surface area (Å²) in [6.07, 6.45) is 4.02. The van der Waals surface area contributed by atoms with Crippen LogP contribution >= 0.6 is 0 Å². The zero-order valence-electron chi connectivity index (χ0n) is 24.2. The highest BCUT2D eigenvalue weighted by molar-refractivity contribution is 5.82. The van der Waals surface area contributed by atoms with Gasteiger partial charge in [-0.15, -0.1) is 0 Å². The maximum Gasteiger partial charge on any atom is 0.313 e. The van der Waals surface area contributed by atoms with Crippen LogP contribution in [0, 0.1) is 34.5 Å². The number of fused-ring (bicyclic) bond motifs is 3. The monoisotopic (exact) mass is 536 g/mol. The first-order valence-corrected chi connectivity index (χ1v) is 14.6. The van der Waals surface area contributed by atoms with E-state index in [0.717, 1.165) is 24.8 Å². The summed E-state index contributed by atoms with van der Waals surface area (Å²) in [5.74, 6) is 0.226. The first-order chi connectivity index (χ1) is 17.7. The summed E-state index contributed by atoms with van der Waals surface area (Å²) in [6.45, 7) is 15.0. The molecule has 0 aromatic carbocycles. The lowest BCUT2D eigenvalue weighted by Crippen LogP contribution is -2.58. The van der Waals surface area contributed by atoms with Crippen molar-refractivity contribution in [3.8, 4) is 0 Å². The average molecular weight is 537 g/mol. The minimum Gasteiger partial charge on any atom is -0.472 e. The summed E-state index contributed by atoms with van der Waals surface area (Å²) in [5, 5.41) is 20.5. The van der Waals surface area contributed by atoms with E-state index in [0.29, 0.717) is 38.6 Å². The van der Waals surface area contributed by atoms with E-state index in [1.807, 2.05) is 0 Å². The number of aliphatic hydroxyl groups is 2. The Labute approximate surface area is 227 Å². The average Bonchev–Trinajstić information content (AvgIpc) is 3.24. The topological polar surface area (TPSA) is 104 Å². The van der Waals surface area contributed by atoms with Gasteiger partial charge in [0.25, 0.3) is 0 Å². The van der Waals surface area contributed by atoms with Gasteiger partial charge in [0.2, 0.25) is 6.29 Å². The van der Waals surface area contributed by atoms with E-state index < -0.39 is 29.0 Å². The lowest BCUT2D eigenvalue weighted by molar-refractivity contribution is -0.212. The van der Waals surface area contributed by atoms with Crippen molar-refractivity contribution in [3.63, 3.8) is 0 Å². The van der Waals surface area contributed by atoms with Crippen molar-refractivity contribution in [3.05, 3.63) is 11.8 Å². The Morgan fingerprint density at radius 3 is 2.37 bits per heavy atom. The van der Waals surface area contributed by atoms with Crippen molar-refractivity contribution in [1.82, 2.24) is 0 Å². The van der Waals surface area contributed by atoms with E-state index >= 15 is 0 Å². The van der Waals surface area contributed by atoms with Crippen LogP contribution in [-0.4, -0.2) is 71.8 Å². The lowest BCUT2D eigenvalue weighted by Gasteiger charge is -2.51. The van der Waals surface area contributed by atoms with Crippen molar-refractivity contribution in [2.75, 3.05) is 19.8 Å². The Morgan fingerprint density at radius 2 is 1.74 bits per heavy atom. The number of carbonyl (C=O) groups is 1. The molecular weight excluding hydrogens is 488 g/mol. The predicted molar refractivity (Wildman–Crippen MR) is 140 cm³/mol. The molecule has 3 saturated carbocycles. The van der Waals surface area contributed by atoms with E-state index in [1.165, 1.54) is 0 Å². The van der Waals surface area contributed by atoms with Crippen LogP contribution in [0.3, 0.4) is 0 Å². The fourth-order valence-electron chi connectivity index (χ4n) is 8.00. The number of rotatable bonds is 12. The molecule has 2 N–H and O–H groups in total. The normalized spacial score (nSPS) is 42.0. The van der Waals surface area contributed by atoms with Gasteiger partial charge >= 0.3 is 5.97 Å². The van der Waals surface area contributed by atoms with Gasteiger partial charge in [-0.1, -0.05) is 20.3 Å². The lowest BCUT2D eigenvalue weighted by atomic mass is 9.61. The highest BCUT2D eigenvalue weighted by Crippen LogP contribution is 2.77. The molecule has 2 unspecified atom stereocenters. The number of carbonyl (C=O) groups excluding carboxylic acids is 1. The molecule has 8 heteroatoms. The first-order valence-electron chi connectivity index (χ1n) is 14.6. The second-order valence-electron chi connectivity index (χ2n) is 14.1. The third kappa shape index (κ3) is 4.52. The molecule has 38 heavy (non-hydrogen) atoms. The molecule has 0 radical (unpaired) electrons. The second kappa shape index (κ2) is 9.72. The highest BCUT2D eigenvalue weighted by atomic mass is 16.7. The number of hydrogen-bond acceptors (Lipinski definition) is 8. The van der Waals surface area contributed by atoms with Gasteiger partial charge in [-0.3, -0.25) is 4.79 Å². The number of esters is 1. The maximum atomic E-state index is 13.7. The Hall–Kier alpha value is -1.19. The molecule has 1 spiro atoms. The predicted octanol–water partition coefficient (Wildman–Crippen LogP) is 3.97. The van der Waals surface area contributed by atoms with Crippen LogP contribution in [0.1, 0.15) is 80.6 Å². The van der Waals surface area contributed by atoms with Crippen LogP contribution < -0.4 is 0 Å². The molecule has 4 fully saturated rings. The quantitative estimate of drug-likeness (QED) is 0.361. The molecule has 5 aliphatic rings. The smallest absolute Gasteiger partial charge is 0.313 e. The Kier molecular flexibility index (Phi) is 7.25. The van der Waals surface area contributed by atoms with Gasteiger partial charge in [-0.05, 0) is 66.2 Å². The largest absolute Gasteiger partial charge is 0.472 e. The standard InChI is InChI=1S/C30H48O8/c1-8-17(2)15-36-21-13-18-25(35-12-10-28(5,6)33)37-16-20-23-22(34-11-9-27(3,4)32)19-14-30(18,20)24(21)29(19,7)26(31)38-23/h16-19,21-25,32-33H,8-15H2,1-7H3/t17?,18?,19-,21+,22-,23+,24-,25+,29+,30-/m0/s1. The maximum absolute atomic E-state index is 13.7. The zero-order valence-corrected chi connectivity index (χ0v) is 24.2. The summed E-state index contributed by atoms with van der Waals surface area (Å²) >= 11 is 0. The van der Waals surface area contributed by atoms with Crippen molar-refractivity contribution >= 4 is 5.97 Å². The Bertz CT molecular complexity index is 934. The third-order valence-electron chi connectivity index (χ3n) is 10.2. The van der Waals surface area contributed by atoms with E-state index in [1.54, 1.807) is 34.0 Å². The zero-order chi connectivity index (χ0) is 27.7. The van der Waals surface area contributed by atoms with Crippen LogP contribution in [-0.2, 0) is 28.5 Å². The van der Waals surface area contributed by atoms with Gasteiger partial charge in [-0.25, -0.2) is 0 Å². The molecule has 2 aliphatic heterocycles. The molecule has 10 atom stereocenters. The Morgan fingerprint density at radius 1 is 1.08 bits per heavy atom. The molecule has 5 rings (SSSR count). The van der Waals surface area contributed by atoms with E-state index in [9.17, 15) is 15.0 Å². The van der Waals surface area contributed by atoms with Crippen molar-refractivity contribution in [1.29, 1.82) is 0 Å². The summed E-state index contributed by atoms with van der Waals surface area (Å²) < 4.78 is 31.8. The SMILES string of the molecule is CCC(C)CO[C@@H]1CC2[C@H](OCCC(C)(C)O)OC=C3[C@H]4OC(=O)[C@]5(C)[C@@H](C[C@@]32[C@@H]15)[C@@H]4OCCC(C)(C)O. The van der Waals surface area contributed by atoms with Crippen LogP contribution in [0.25, 0.3) is 0 Å². The molecule has 2 heterocycles. The first kappa shape index (κ1) is 28.3. The fourth-order valence-corrected chi connectivity index (χ4v) is 8.00. The Balaban J connectivity index is 1.49. The van der Waals surface area contributed by atoms with Crippen molar-refractivity contribution < 1.29 is 38.7 Å². The molecular formula is C30H48O8. The van der Waals surface area contributed by atoms with E-state index in [-0.39, 0.29) is 41.3 Å². The molecule has 0 aromatic heterocycles. The van der Waals surface area contributed by atoms with Crippen LogP contribution in [0.2, 0.25) is 0 Å². The van der Waals surface area contributed by atoms with Crippen molar-refractivity contribution in [2.45, 2.75) is 116 Å².